The predicted molar refractivity (Wildman–Crippen MR) is 95.9 cm³/mol. The van der Waals surface area contributed by atoms with Crippen LogP contribution in [0.2, 0.25) is 0 Å². The Labute approximate surface area is 143 Å². The molecular formula is C20H26O2S. The summed E-state index contributed by atoms with van der Waals surface area (Å²) in [5.41, 5.74) is 3.00. The van der Waals surface area contributed by atoms with E-state index < -0.39 is 0 Å². The number of carbonyl (C=O) groups excluding carboxylic acids is 2. The minimum absolute atomic E-state index is 0.110. The first-order valence-corrected chi connectivity index (χ1v) is 9.53. The Morgan fingerprint density at radius 1 is 0.870 bits per heavy atom. The first-order chi connectivity index (χ1) is 10.7. The van der Waals surface area contributed by atoms with Crippen LogP contribution in [0.4, 0.5) is 0 Å². The zero-order valence-electron chi connectivity index (χ0n) is 14.8. The number of hydrogen-bond donors (Lipinski definition) is 0. The van der Waals surface area contributed by atoms with Crippen LogP contribution >= 0.6 is 11.3 Å². The summed E-state index contributed by atoms with van der Waals surface area (Å²) < 4.78 is 0. The second kappa shape index (κ2) is 5.70. The molecule has 0 spiro atoms. The zero-order chi connectivity index (χ0) is 16.9. The topological polar surface area (TPSA) is 34.1 Å². The van der Waals surface area contributed by atoms with Crippen LogP contribution in [0.15, 0.2) is 11.1 Å². The van der Waals surface area contributed by atoms with Gasteiger partial charge in [-0.15, -0.1) is 11.3 Å². The van der Waals surface area contributed by atoms with Gasteiger partial charge < -0.3 is 0 Å². The minimum Gasteiger partial charge on any atom is -0.289 e. The highest BCUT2D eigenvalue weighted by atomic mass is 32.1. The predicted octanol–water partition coefficient (Wildman–Crippen LogP) is 5.81. The lowest BCUT2D eigenvalue weighted by molar-refractivity contribution is 0.0969. The van der Waals surface area contributed by atoms with E-state index in [1.807, 2.05) is 0 Å². The van der Waals surface area contributed by atoms with Gasteiger partial charge in [0.2, 0.25) is 0 Å². The van der Waals surface area contributed by atoms with E-state index in [0.717, 1.165) is 64.1 Å². The molecule has 0 bridgehead atoms. The monoisotopic (exact) mass is 330 g/mol. The molecule has 0 fully saturated rings. The van der Waals surface area contributed by atoms with Gasteiger partial charge >= 0.3 is 0 Å². The molecule has 3 rings (SSSR count). The second-order valence-electron chi connectivity index (χ2n) is 8.13. The van der Waals surface area contributed by atoms with Gasteiger partial charge in [-0.25, -0.2) is 0 Å². The van der Waals surface area contributed by atoms with E-state index >= 15 is 0 Å². The molecule has 0 radical (unpaired) electrons. The molecule has 1 aromatic heterocycles. The summed E-state index contributed by atoms with van der Waals surface area (Å²) in [6, 6.07) is 0. The fraction of sp³-hybridized carbons (Fsp3) is 0.600. The number of hydrogen-bond acceptors (Lipinski definition) is 3. The van der Waals surface area contributed by atoms with Crippen molar-refractivity contribution in [2.75, 3.05) is 0 Å². The highest BCUT2D eigenvalue weighted by Gasteiger charge is 2.40. The van der Waals surface area contributed by atoms with Gasteiger partial charge in [-0.2, -0.15) is 0 Å². The van der Waals surface area contributed by atoms with Crippen LogP contribution in [0, 0.1) is 0 Å². The molecule has 0 atom stereocenters. The van der Waals surface area contributed by atoms with Crippen molar-refractivity contribution in [1.82, 2.24) is 0 Å². The summed E-state index contributed by atoms with van der Waals surface area (Å²) in [6.07, 6.45) is 4.72. The summed E-state index contributed by atoms with van der Waals surface area (Å²) >= 11 is 1.68. The molecule has 23 heavy (non-hydrogen) atoms. The Hall–Kier alpha value is -1.22. The second-order valence-corrected chi connectivity index (χ2v) is 9.18. The summed E-state index contributed by atoms with van der Waals surface area (Å²) in [7, 11) is 0. The molecule has 0 aromatic carbocycles. The number of allylic oxidation sites excluding steroid dienone is 2. The van der Waals surface area contributed by atoms with E-state index in [0.29, 0.717) is 0 Å². The van der Waals surface area contributed by atoms with Crippen LogP contribution in [0.3, 0.4) is 0 Å². The van der Waals surface area contributed by atoms with Crippen molar-refractivity contribution in [1.29, 1.82) is 0 Å². The van der Waals surface area contributed by atoms with Gasteiger partial charge in [0.25, 0.3) is 0 Å². The molecule has 0 unspecified atom stereocenters. The van der Waals surface area contributed by atoms with Crippen molar-refractivity contribution in [2.24, 2.45) is 0 Å². The Balaban J connectivity index is 2.27. The van der Waals surface area contributed by atoms with Crippen molar-refractivity contribution in [3.8, 4) is 0 Å². The summed E-state index contributed by atoms with van der Waals surface area (Å²) in [5.74, 6) is 0.561. The molecule has 2 aliphatic rings. The maximum Gasteiger partial charge on any atom is 0.191 e. The van der Waals surface area contributed by atoms with Crippen molar-refractivity contribution in [2.45, 2.75) is 78.1 Å². The van der Waals surface area contributed by atoms with Crippen molar-refractivity contribution >= 4 is 22.9 Å². The normalized spacial score (nSPS) is 19.0. The van der Waals surface area contributed by atoms with Crippen LogP contribution in [0.25, 0.3) is 0 Å². The zero-order valence-corrected chi connectivity index (χ0v) is 15.7. The molecule has 0 amide bonds. The first kappa shape index (κ1) is 16.6. The summed E-state index contributed by atoms with van der Waals surface area (Å²) in [5, 5.41) is 0. The van der Waals surface area contributed by atoms with E-state index in [9.17, 15) is 9.59 Å². The lowest BCUT2D eigenvalue weighted by Gasteiger charge is -2.23. The highest BCUT2D eigenvalue weighted by Crippen LogP contribution is 2.46. The Bertz CT molecular complexity index is 711. The van der Waals surface area contributed by atoms with Gasteiger partial charge in [-0.3, -0.25) is 9.59 Å². The van der Waals surface area contributed by atoms with E-state index in [-0.39, 0.29) is 22.9 Å². The van der Waals surface area contributed by atoms with Gasteiger partial charge in [0.1, 0.15) is 0 Å². The van der Waals surface area contributed by atoms with Gasteiger partial charge in [-0.1, -0.05) is 41.0 Å². The van der Waals surface area contributed by atoms with Crippen molar-refractivity contribution in [3.63, 3.8) is 0 Å². The standard InChI is InChI=1S/C20H26O2S/c1-11(2)18-14-15(19(23-18)20(3,4)5)17(22)13-10-8-6-7-9-12(13)16(14)21/h11H,6-10H2,1-5H3. The smallest absolute Gasteiger partial charge is 0.191 e. The fourth-order valence-electron chi connectivity index (χ4n) is 3.71. The fourth-order valence-corrected chi connectivity index (χ4v) is 5.07. The van der Waals surface area contributed by atoms with Crippen molar-refractivity contribution in [3.05, 3.63) is 32.0 Å². The quantitative estimate of drug-likeness (QED) is 0.651. The molecule has 1 aromatic rings. The molecular weight excluding hydrogens is 304 g/mol. The average Bonchev–Trinajstić information content (AvgIpc) is 2.70. The maximum absolute atomic E-state index is 13.2. The van der Waals surface area contributed by atoms with Crippen molar-refractivity contribution < 1.29 is 9.59 Å². The highest BCUT2D eigenvalue weighted by molar-refractivity contribution is 7.13. The van der Waals surface area contributed by atoms with Crippen LogP contribution in [-0.2, 0) is 5.41 Å². The first-order valence-electron chi connectivity index (χ1n) is 8.72. The molecule has 2 nitrogen and oxygen atoms in total. The van der Waals surface area contributed by atoms with Crippen LogP contribution in [-0.4, -0.2) is 11.6 Å². The third-order valence-electron chi connectivity index (χ3n) is 4.86. The molecule has 0 N–H and O–H groups in total. The SMILES string of the molecule is CC(C)c1sc(C(C)(C)C)c2c1C(=O)C1=C(CCCCC1)C2=O. The van der Waals surface area contributed by atoms with Gasteiger partial charge in [0.15, 0.2) is 11.6 Å². The summed E-state index contributed by atoms with van der Waals surface area (Å²) in [4.78, 5) is 28.6. The third-order valence-corrected chi connectivity index (χ3v) is 6.78. The molecule has 3 heteroatoms. The number of Topliss-reactive ketones (excluding diaryl/α,β-unsaturated/α-hetero) is 2. The van der Waals surface area contributed by atoms with E-state index in [1.165, 1.54) is 0 Å². The number of thiophene rings is 1. The molecule has 1 heterocycles. The van der Waals surface area contributed by atoms with E-state index in [4.69, 9.17) is 0 Å². The molecule has 0 saturated heterocycles. The number of rotatable bonds is 1. The van der Waals surface area contributed by atoms with Crippen LogP contribution < -0.4 is 0 Å². The third kappa shape index (κ3) is 2.63. The molecule has 124 valence electrons. The van der Waals surface area contributed by atoms with Gasteiger partial charge in [0.05, 0.1) is 0 Å². The number of fused-ring (bicyclic) bond motifs is 1. The molecule has 0 saturated carbocycles. The van der Waals surface area contributed by atoms with Gasteiger partial charge in [0, 0.05) is 32.0 Å². The van der Waals surface area contributed by atoms with E-state index in [1.54, 1.807) is 11.3 Å². The van der Waals surface area contributed by atoms with E-state index in [2.05, 4.69) is 34.6 Å². The lowest BCUT2D eigenvalue weighted by atomic mass is 9.78. The largest absolute Gasteiger partial charge is 0.289 e. The number of ketones is 2. The van der Waals surface area contributed by atoms with Crippen LogP contribution in [0.5, 0.6) is 0 Å². The summed E-state index contributed by atoms with van der Waals surface area (Å²) in [6.45, 7) is 10.6. The Morgan fingerprint density at radius 3 is 1.87 bits per heavy atom. The average molecular weight is 330 g/mol. The Kier molecular flexibility index (Phi) is 4.12. The lowest BCUT2D eigenvalue weighted by Crippen LogP contribution is -2.24. The van der Waals surface area contributed by atoms with Crippen LogP contribution in [0.1, 0.15) is 103 Å². The minimum atomic E-state index is -0.110. The maximum atomic E-state index is 13.2. The molecule has 0 aliphatic heterocycles. The van der Waals surface area contributed by atoms with Gasteiger partial charge in [-0.05, 0) is 37.0 Å². The molecule has 2 aliphatic carbocycles. The Morgan fingerprint density at radius 2 is 1.39 bits per heavy atom. The number of carbonyl (C=O) groups is 2.